The summed E-state index contributed by atoms with van der Waals surface area (Å²) in [6, 6.07) is 9.19. The summed E-state index contributed by atoms with van der Waals surface area (Å²) >= 11 is 0. The first kappa shape index (κ1) is 18.9. The average Bonchev–Trinajstić information content (AvgIpc) is 2.87. The van der Waals surface area contributed by atoms with Crippen molar-refractivity contribution in [3.63, 3.8) is 0 Å². The fraction of sp³-hybridized carbons (Fsp3) is 0.556. The summed E-state index contributed by atoms with van der Waals surface area (Å²) in [5.74, 6) is -0.535. The van der Waals surface area contributed by atoms with Crippen LogP contribution in [0, 0.1) is 22.0 Å². The lowest BCUT2D eigenvalue weighted by atomic mass is 9.93. The summed E-state index contributed by atoms with van der Waals surface area (Å²) in [5, 5.41) is 10.9. The standard InChI is InChI=1S/C18H24N2O5/c1-13(2)8-15(11-19(23)24)10-17(21)20-16(12-25-18(20)22)9-14-6-4-3-5-7-14/h3-7,13,15-16H,8-12H2,1-2H3. The fourth-order valence-corrected chi connectivity index (χ4v) is 3.25. The molecule has 2 atom stereocenters. The number of hydrogen-bond acceptors (Lipinski definition) is 5. The zero-order chi connectivity index (χ0) is 18.4. The van der Waals surface area contributed by atoms with E-state index < -0.39 is 16.9 Å². The van der Waals surface area contributed by atoms with Gasteiger partial charge in [0.25, 0.3) is 0 Å². The molecule has 7 heteroatoms. The van der Waals surface area contributed by atoms with Crippen molar-refractivity contribution in [2.45, 2.75) is 39.2 Å². The van der Waals surface area contributed by atoms with Crippen LogP contribution in [0.1, 0.15) is 32.3 Å². The largest absolute Gasteiger partial charge is 0.447 e. The molecule has 2 amide bonds. The highest BCUT2D eigenvalue weighted by Gasteiger charge is 2.39. The van der Waals surface area contributed by atoms with E-state index in [0.29, 0.717) is 12.8 Å². The first-order chi connectivity index (χ1) is 11.9. The molecule has 0 bridgehead atoms. The van der Waals surface area contributed by atoms with Crippen LogP contribution in [0.25, 0.3) is 0 Å². The van der Waals surface area contributed by atoms with E-state index in [-0.39, 0.29) is 37.5 Å². The number of amides is 2. The van der Waals surface area contributed by atoms with Gasteiger partial charge in [-0.15, -0.1) is 0 Å². The maximum atomic E-state index is 12.6. The summed E-state index contributed by atoms with van der Waals surface area (Å²) in [7, 11) is 0. The molecule has 1 aliphatic heterocycles. The highest BCUT2D eigenvalue weighted by Crippen LogP contribution is 2.22. The predicted octanol–water partition coefficient (Wildman–Crippen LogP) is 2.91. The summed E-state index contributed by atoms with van der Waals surface area (Å²) in [4.78, 5) is 36.2. The second-order valence-corrected chi connectivity index (χ2v) is 6.90. The third-order valence-electron chi connectivity index (χ3n) is 4.22. The van der Waals surface area contributed by atoms with Crippen LogP contribution in [0.4, 0.5) is 4.79 Å². The van der Waals surface area contributed by atoms with Gasteiger partial charge in [-0.25, -0.2) is 9.69 Å². The molecule has 0 aliphatic carbocycles. The van der Waals surface area contributed by atoms with Crippen molar-refractivity contribution in [3.05, 3.63) is 46.0 Å². The Morgan fingerprint density at radius 3 is 2.64 bits per heavy atom. The van der Waals surface area contributed by atoms with Crippen molar-refractivity contribution >= 4 is 12.0 Å². The van der Waals surface area contributed by atoms with E-state index in [1.54, 1.807) is 0 Å². The Kier molecular flexibility index (Phi) is 6.50. The zero-order valence-electron chi connectivity index (χ0n) is 14.6. The van der Waals surface area contributed by atoms with Crippen LogP contribution in [0.3, 0.4) is 0 Å². The Morgan fingerprint density at radius 1 is 1.36 bits per heavy atom. The van der Waals surface area contributed by atoms with Gasteiger partial charge in [-0.1, -0.05) is 44.2 Å². The minimum Gasteiger partial charge on any atom is -0.447 e. The molecule has 25 heavy (non-hydrogen) atoms. The molecule has 2 unspecified atom stereocenters. The Balaban J connectivity index is 2.05. The van der Waals surface area contributed by atoms with Crippen LogP contribution in [0.2, 0.25) is 0 Å². The van der Waals surface area contributed by atoms with E-state index in [1.807, 2.05) is 44.2 Å². The number of carbonyl (C=O) groups excluding carboxylic acids is 2. The lowest BCUT2D eigenvalue weighted by Gasteiger charge is -2.22. The number of imide groups is 1. The van der Waals surface area contributed by atoms with Gasteiger partial charge in [0.05, 0.1) is 6.04 Å². The predicted molar refractivity (Wildman–Crippen MR) is 91.6 cm³/mol. The minimum atomic E-state index is -0.657. The lowest BCUT2D eigenvalue weighted by molar-refractivity contribution is -0.488. The van der Waals surface area contributed by atoms with Gasteiger partial charge < -0.3 is 4.74 Å². The SMILES string of the molecule is CC(C)CC(CC(=O)N1C(=O)OCC1Cc1ccccc1)C[N+](=O)[O-]. The summed E-state index contributed by atoms with van der Waals surface area (Å²) < 4.78 is 5.05. The van der Waals surface area contributed by atoms with Crippen molar-refractivity contribution in [2.24, 2.45) is 11.8 Å². The van der Waals surface area contributed by atoms with E-state index >= 15 is 0 Å². The molecule has 0 N–H and O–H groups in total. The van der Waals surface area contributed by atoms with Gasteiger partial charge in [0, 0.05) is 17.3 Å². The van der Waals surface area contributed by atoms with E-state index in [9.17, 15) is 19.7 Å². The van der Waals surface area contributed by atoms with Gasteiger partial charge in [0.2, 0.25) is 12.5 Å². The third-order valence-corrected chi connectivity index (χ3v) is 4.22. The molecule has 0 radical (unpaired) electrons. The molecular weight excluding hydrogens is 324 g/mol. The smallest absolute Gasteiger partial charge is 0.416 e. The van der Waals surface area contributed by atoms with Crippen LogP contribution >= 0.6 is 0 Å². The molecule has 1 aliphatic rings. The molecule has 2 rings (SSSR count). The van der Waals surface area contributed by atoms with Crippen molar-refractivity contribution in [1.29, 1.82) is 0 Å². The quantitative estimate of drug-likeness (QED) is 0.532. The first-order valence-electron chi connectivity index (χ1n) is 8.51. The summed E-state index contributed by atoms with van der Waals surface area (Å²) in [6.07, 6.45) is 0.413. The van der Waals surface area contributed by atoms with Gasteiger partial charge in [-0.2, -0.15) is 0 Å². The normalized spacial score (nSPS) is 18.3. The van der Waals surface area contributed by atoms with Crippen molar-refractivity contribution in [1.82, 2.24) is 4.90 Å². The maximum absolute atomic E-state index is 12.6. The Labute approximate surface area is 147 Å². The molecule has 1 heterocycles. The number of nitrogens with zero attached hydrogens (tertiary/aromatic N) is 2. The monoisotopic (exact) mass is 348 g/mol. The number of carbonyl (C=O) groups is 2. The average molecular weight is 348 g/mol. The number of nitro groups is 1. The number of hydrogen-bond donors (Lipinski definition) is 0. The Bertz CT molecular complexity index is 617. The number of rotatable bonds is 8. The second-order valence-electron chi connectivity index (χ2n) is 6.90. The molecule has 0 saturated carbocycles. The summed E-state index contributed by atoms with van der Waals surface area (Å²) in [6.45, 7) is 3.80. The second kappa shape index (κ2) is 8.60. The topological polar surface area (TPSA) is 89.8 Å². The zero-order valence-corrected chi connectivity index (χ0v) is 14.6. The lowest BCUT2D eigenvalue weighted by Crippen LogP contribution is -2.41. The van der Waals surface area contributed by atoms with Gasteiger partial charge in [0.15, 0.2) is 0 Å². The fourth-order valence-electron chi connectivity index (χ4n) is 3.25. The highest BCUT2D eigenvalue weighted by atomic mass is 16.6. The van der Waals surface area contributed by atoms with Gasteiger partial charge >= 0.3 is 6.09 Å². The van der Waals surface area contributed by atoms with Crippen molar-refractivity contribution < 1.29 is 19.2 Å². The van der Waals surface area contributed by atoms with Crippen molar-refractivity contribution in [2.75, 3.05) is 13.2 Å². The van der Waals surface area contributed by atoms with E-state index in [1.165, 1.54) is 0 Å². The molecule has 1 aromatic carbocycles. The van der Waals surface area contributed by atoms with Crippen LogP contribution in [-0.2, 0) is 16.0 Å². The Hall–Kier alpha value is -2.44. The van der Waals surface area contributed by atoms with Gasteiger partial charge in [-0.3, -0.25) is 14.9 Å². The molecule has 0 spiro atoms. The minimum absolute atomic E-state index is 0.0143. The van der Waals surface area contributed by atoms with E-state index in [2.05, 4.69) is 0 Å². The van der Waals surface area contributed by atoms with E-state index in [4.69, 9.17) is 4.74 Å². The van der Waals surface area contributed by atoms with Crippen LogP contribution in [-0.4, -0.2) is 41.0 Å². The number of cyclic esters (lactones) is 1. The number of benzene rings is 1. The molecule has 1 saturated heterocycles. The van der Waals surface area contributed by atoms with E-state index in [0.717, 1.165) is 10.5 Å². The first-order valence-corrected chi connectivity index (χ1v) is 8.51. The molecule has 1 fully saturated rings. The number of ether oxygens (including phenoxy) is 1. The van der Waals surface area contributed by atoms with Crippen LogP contribution in [0.15, 0.2) is 30.3 Å². The molecular formula is C18H24N2O5. The van der Waals surface area contributed by atoms with Gasteiger partial charge in [-0.05, 0) is 24.3 Å². The summed E-state index contributed by atoms with van der Waals surface area (Å²) in [5.41, 5.74) is 1.01. The van der Waals surface area contributed by atoms with Crippen molar-refractivity contribution in [3.8, 4) is 0 Å². The Morgan fingerprint density at radius 2 is 2.04 bits per heavy atom. The molecule has 136 valence electrons. The third kappa shape index (κ3) is 5.55. The highest BCUT2D eigenvalue weighted by molar-refractivity contribution is 5.93. The molecule has 1 aromatic rings. The molecule has 7 nitrogen and oxygen atoms in total. The molecule has 0 aromatic heterocycles. The maximum Gasteiger partial charge on any atom is 0.416 e. The van der Waals surface area contributed by atoms with Crippen LogP contribution in [0.5, 0.6) is 0 Å². The van der Waals surface area contributed by atoms with Gasteiger partial charge in [0.1, 0.15) is 6.61 Å². The van der Waals surface area contributed by atoms with Crippen LogP contribution < -0.4 is 0 Å².